The van der Waals surface area contributed by atoms with E-state index < -0.39 is 112 Å². The van der Waals surface area contributed by atoms with Gasteiger partial charge in [-0.2, -0.15) is 167 Å². The first-order valence-electron chi connectivity index (χ1n) is 11.8. The van der Waals surface area contributed by atoms with Crippen molar-refractivity contribution in [2.24, 2.45) is 0 Å². The first kappa shape index (κ1) is 55.2. The van der Waals surface area contributed by atoms with Crippen LogP contribution in [0.5, 0.6) is 0 Å². The molecule has 0 aromatic rings. The zero-order valence-corrected chi connectivity index (χ0v) is 24.2. The van der Waals surface area contributed by atoms with Gasteiger partial charge in [0.15, 0.2) is 0 Å². The molecule has 0 unspecified atom stereocenters. The molecule has 0 aromatic carbocycles. The molecule has 0 N–H and O–H groups in total. The van der Waals surface area contributed by atoms with Crippen molar-refractivity contribution in [3.8, 4) is 0 Å². The third-order valence-electron chi connectivity index (χ3n) is 6.69. The quantitative estimate of drug-likeness (QED) is 0.0846. The molecular formula is C18F39N. The second-order valence-electron chi connectivity index (χ2n) is 10.4. The lowest BCUT2D eigenvalue weighted by Crippen LogP contribution is -2.79. The number of rotatable bonds is 16. The Kier molecular flexibility index (Phi) is 12.5. The van der Waals surface area contributed by atoms with Gasteiger partial charge in [0.25, 0.3) is 0 Å². The van der Waals surface area contributed by atoms with Gasteiger partial charge in [0, 0.05) is 0 Å². The van der Waals surface area contributed by atoms with E-state index in [1.165, 1.54) is 0 Å². The summed E-state index contributed by atoms with van der Waals surface area (Å²) in [6.07, 6.45) is -16.9. The standard InChI is InChI=1S/C18F39N/c19-1(20,3(23,24)7(31,32)11(39,40)15(47,48)49)2(21,22)5(27,28)9(35,36)13(43,44)17(53,54)58(57)18(55,56)14(45,46)10(37,38)6(29,30)4(25,26)8(33,34)12(41,42)16(50,51)52. The first-order chi connectivity index (χ1) is 24.2. The van der Waals surface area contributed by atoms with Crippen molar-refractivity contribution in [1.82, 2.24) is 5.12 Å². The third-order valence-corrected chi connectivity index (χ3v) is 6.69. The molecule has 0 amide bonds. The van der Waals surface area contributed by atoms with Crippen LogP contribution in [0.4, 0.5) is 171 Å². The van der Waals surface area contributed by atoms with Gasteiger partial charge in [-0.3, -0.25) is 0 Å². The van der Waals surface area contributed by atoms with Gasteiger partial charge in [0.05, 0.1) is 0 Å². The van der Waals surface area contributed by atoms with Gasteiger partial charge in [0.1, 0.15) is 0 Å². The van der Waals surface area contributed by atoms with Crippen molar-refractivity contribution in [2.45, 2.75) is 107 Å². The Morgan fingerprint density at radius 3 is 0.379 bits per heavy atom. The molecular weight excluding hydrogens is 971 g/mol. The van der Waals surface area contributed by atoms with E-state index >= 15 is 0 Å². The molecule has 0 fully saturated rings. The van der Waals surface area contributed by atoms with Gasteiger partial charge in [-0.15, -0.1) is 4.48 Å². The largest absolute Gasteiger partial charge is 0.460 e. The van der Waals surface area contributed by atoms with E-state index in [2.05, 4.69) is 0 Å². The number of nitrogens with zero attached hydrogens (tertiary/aromatic N) is 1. The second-order valence-corrected chi connectivity index (χ2v) is 10.4. The Balaban J connectivity index is 7.72. The maximum absolute atomic E-state index is 13.8. The summed E-state index contributed by atoms with van der Waals surface area (Å²) >= 11 is 0. The average Bonchev–Trinajstić information content (AvgIpc) is 2.97. The molecule has 0 heterocycles. The Morgan fingerprint density at radius 1 is 0.155 bits per heavy atom. The predicted octanol–water partition coefficient (Wildman–Crippen LogP) is 12.4. The van der Waals surface area contributed by atoms with Crippen LogP contribution in [0.15, 0.2) is 0 Å². The summed E-state index contributed by atoms with van der Waals surface area (Å²) in [5, 5.41) is -6.16. The van der Waals surface area contributed by atoms with E-state index in [1.807, 2.05) is 0 Å². The molecule has 40 heteroatoms. The molecule has 0 radical (unpaired) electrons. The lowest BCUT2D eigenvalue weighted by molar-refractivity contribution is -0.514. The van der Waals surface area contributed by atoms with Crippen LogP contribution in [0.2, 0.25) is 0 Å². The van der Waals surface area contributed by atoms with Crippen molar-refractivity contribution < 1.29 is 171 Å². The van der Waals surface area contributed by atoms with E-state index in [9.17, 15) is 171 Å². The molecule has 0 bridgehead atoms. The third kappa shape index (κ3) is 6.18. The van der Waals surface area contributed by atoms with Crippen LogP contribution >= 0.6 is 0 Å². The summed E-state index contributed by atoms with van der Waals surface area (Å²) < 4.78 is 517. The van der Waals surface area contributed by atoms with E-state index in [4.69, 9.17) is 0 Å². The Bertz CT molecular complexity index is 1480. The molecule has 0 saturated carbocycles. The first-order valence-corrected chi connectivity index (χ1v) is 11.8. The lowest BCUT2D eigenvalue weighted by atomic mass is 9.87. The summed E-state index contributed by atoms with van der Waals surface area (Å²) in [7, 11) is 0. The summed E-state index contributed by atoms with van der Waals surface area (Å²) in [4.78, 5) is 0. The van der Waals surface area contributed by atoms with Gasteiger partial charge in [-0.1, -0.05) is 0 Å². The predicted molar refractivity (Wildman–Crippen MR) is 94.2 cm³/mol. The number of hydrogen-bond donors (Lipinski definition) is 0. The fourth-order valence-electron chi connectivity index (χ4n) is 3.13. The van der Waals surface area contributed by atoms with Crippen LogP contribution in [0, 0.1) is 0 Å². The fourth-order valence-corrected chi connectivity index (χ4v) is 3.13. The van der Waals surface area contributed by atoms with Crippen molar-refractivity contribution in [3.05, 3.63) is 0 Å². The van der Waals surface area contributed by atoms with Crippen LogP contribution < -0.4 is 0 Å². The summed E-state index contributed by atoms with van der Waals surface area (Å²) in [5.41, 5.74) is 0. The monoisotopic (exact) mass is 971 g/mol. The Morgan fingerprint density at radius 2 is 0.259 bits per heavy atom. The second kappa shape index (κ2) is 13.1. The molecule has 0 aromatic heterocycles. The smallest absolute Gasteiger partial charge is 0.192 e. The van der Waals surface area contributed by atoms with Crippen molar-refractivity contribution in [1.29, 1.82) is 0 Å². The van der Waals surface area contributed by atoms with Crippen LogP contribution in [-0.4, -0.2) is 112 Å². The molecule has 0 spiro atoms. The summed E-state index contributed by atoms with van der Waals surface area (Å²) in [6, 6.07) is -19.9. The topological polar surface area (TPSA) is 3.24 Å². The van der Waals surface area contributed by atoms with E-state index in [1.54, 1.807) is 0 Å². The average molecular weight is 971 g/mol. The SMILES string of the molecule is FN(C(F)(F)C(F)(F)C(F)(F)C(F)(F)C(F)(F)C(F)(F)C(F)(F)C(F)(F)F)C(F)(F)C(F)(F)C(F)(F)C(F)(F)C(F)(F)C(F)(F)C(F)(F)C(F)(F)C(F)(F)C(F)(F)F. The van der Waals surface area contributed by atoms with Crippen molar-refractivity contribution in [2.75, 3.05) is 0 Å². The molecule has 0 atom stereocenters. The minimum Gasteiger partial charge on any atom is -0.192 e. The van der Waals surface area contributed by atoms with Gasteiger partial charge in [-0.25, -0.2) is 0 Å². The van der Waals surface area contributed by atoms with Gasteiger partial charge < -0.3 is 0 Å². The number of alkyl halides is 38. The molecule has 0 aliphatic heterocycles. The van der Waals surface area contributed by atoms with E-state index in [0.29, 0.717) is 0 Å². The van der Waals surface area contributed by atoms with Crippen LogP contribution in [0.25, 0.3) is 0 Å². The summed E-state index contributed by atoms with van der Waals surface area (Å²) in [6.45, 7) is 0. The zero-order chi connectivity index (χ0) is 48.6. The normalized spacial score (nSPS) is 17.4. The molecule has 350 valence electrons. The van der Waals surface area contributed by atoms with E-state index in [0.717, 1.165) is 0 Å². The zero-order valence-electron chi connectivity index (χ0n) is 24.2. The highest BCUT2D eigenvalue weighted by atomic mass is 19.5. The van der Waals surface area contributed by atoms with Crippen molar-refractivity contribution >= 4 is 0 Å². The number of hydrogen-bond acceptors (Lipinski definition) is 1. The maximum Gasteiger partial charge on any atom is 0.460 e. The minimum absolute atomic E-state index is 6.16. The highest BCUT2D eigenvalue weighted by molar-refractivity contribution is 5.19. The van der Waals surface area contributed by atoms with E-state index in [-0.39, 0.29) is 0 Å². The highest BCUT2D eigenvalue weighted by Gasteiger charge is 3.00. The molecule has 1 nitrogen and oxygen atoms in total. The Labute approximate surface area is 285 Å². The van der Waals surface area contributed by atoms with Crippen LogP contribution in [-0.2, 0) is 0 Å². The molecule has 0 rings (SSSR count). The highest BCUT2D eigenvalue weighted by Crippen LogP contribution is 2.69. The molecule has 58 heavy (non-hydrogen) atoms. The molecule has 0 aliphatic rings. The number of halogens is 39. The fraction of sp³-hybridized carbons (Fsp3) is 1.00. The summed E-state index contributed by atoms with van der Waals surface area (Å²) in [5.74, 6) is -137. The minimum atomic E-state index is -10.3. The van der Waals surface area contributed by atoms with Crippen molar-refractivity contribution in [3.63, 3.8) is 0 Å². The van der Waals surface area contributed by atoms with Crippen LogP contribution in [0.3, 0.4) is 0 Å². The lowest BCUT2D eigenvalue weighted by Gasteiger charge is -2.46. The maximum atomic E-state index is 13.8. The van der Waals surface area contributed by atoms with Gasteiger partial charge >= 0.3 is 107 Å². The Hall–Kier alpha value is -2.77. The molecule has 0 aliphatic carbocycles. The van der Waals surface area contributed by atoms with Gasteiger partial charge in [-0.05, 0) is 5.12 Å². The molecule has 0 saturated heterocycles. The van der Waals surface area contributed by atoms with Crippen LogP contribution in [0.1, 0.15) is 0 Å². The van der Waals surface area contributed by atoms with Gasteiger partial charge in [0.2, 0.25) is 0 Å².